The van der Waals surface area contributed by atoms with E-state index in [-0.39, 0.29) is 0 Å². The van der Waals surface area contributed by atoms with Crippen molar-refractivity contribution in [3.63, 3.8) is 0 Å². The van der Waals surface area contributed by atoms with E-state index in [1.165, 1.54) is 51.5 Å². The second-order valence-corrected chi connectivity index (χ2v) is 5.65. The van der Waals surface area contributed by atoms with Gasteiger partial charge in [-0.2, -0.15) is 0 Å². The molecule has 1 saturated carbocycles. The highest BCUT2D eigenvalue weighted by molar-refractivity contribution is 4.77. The molecule has 0 saturated heterocycles. The van der Waals surface area contributed by atoms with Gasteiger partial charge in [0.05, 0.1) is 6.10 Å². The molecule has 1 aliphatic carbocycles. The third-order valence-electron chi connectivity index (χ3n) is 3.76. The largest absolute Gasteiger partial charge is 0.378 e. The Balaban J connectivity index is 2.06. The lowest BCUT2D eigenvalue weighted by Gasteiger charge is -2.30. The molecule has 1 N–H and O–H groups in total. The standard InChI is InChI=1S/C15H31NO/c1-4-6-13(3)12-17-15-9-7-14(8-10-15)16-11-5-2/h13-16H,4-12H2,1-3H3. The van der Waals surface area contributed by atoms with Gasteiger partial charge in [0, 0.05) is 12.6 Å². The predicted molar refractivity (Wildman–Crippen MR) is 74.4 cm³/mol. The lowest BCUT2D eigenvalue weighted by Crippen LogP contribution is -2.36. The third-order valence-corrected chi connectivity index (χ3v) is 3.76. The van der Waals surface area contributed by atoms with Crippen molar-refractivity contribution in [2.24, 2.45) is 5.92 Å². The van der Waals surface area contributed by atoms with Crippen molar-refractivity contribution in [3.05, 3.63) is 0 Å². The topological polar surface area (TPSA) is 21.3 Å². The second kappa shape index (κ2) is 8.93. The summed E-state index contributed by atoms with van der Waals surface area (Å²) < 4.78 is 6.02. The predicted octanol–water partition coefficient (Wildman–Crippen LogP) is 3.75. The van der Waals surface area contributed by atoms with E-state index in [1.807, 2.05) is 0 Å². The summed E-state index contributed by atoms with van der Waals surface area (Å²) in [4.78, 5) is 0. The highest BCUT2D eigenvalue weighted by Crippen LogP contribution is 2.22. The Bertz CT molecular complexity index is 176. The minimum atomic E-state index is 0.536. The third kappa shape index (κ3) is 6.42. The summed E-state index contributed by atoms with van der Waals surface area (Å²) >= 11 is 0. The smallest absolute Gasteiger partial charge is 0.0576 e. The van der Waals surface area contributed by atoms with Gasteiger partial charge in [0.1, 0.15) is 0 Å². The van der Waals surface area contributed by atoms with Gasteiger partial charge in [-0.05, 0) is 51.0 Å². The average Bonchev–Trinajstić information content (AvgIpc) is 2.35. The molecule has 0 aliphatic heterocycles. The van der Waals surface area contributed by atoms with Crippen LogP contribution in [0.2, 0.25) is 0 Å². The Morgan fingerprint density at radius 2 is 1.82 bits per heavy atom. The lowest BCUT2D eigenvalue weighted by molar-refractivity contribution is 0.00449. The van der Waals surface area contributed by atoms with E-state index >= 15 is 0 Å². The number of hydrogen-bond donors (Lipinski definition) is 1. The van der Waals surface area contributed by atoms with Crippen molar-refractivity contribution in [3.8, 4) is 0 Å². The van der Waals surface area contributed by atoms with E-state index in [1.54, 1.807) is 0 Å². The van der Waals surface area contributed by atoms with Crippen molar-refractivity contribution in [1.82, 2.24) is 5.32 Å². The van der Waals surface area contributed by atoms with Crippen LogP contribution in [-0.2, 0) is 4.74 Å². The maximum Gasteiger partial charge on any atom is 0.0576 e. The molecule has 17 heavy (non-hydrogen) atoms. The summed E-state index contributed by atoms with van der Waals surface area (Å²) in [5.41, 5.74) is 0. The van der Waals surface area contributed by atoms with Crippen LogP contribution in [0.4, 0.5) is 0 Å². The van der Waals surface area contributed by atoms with Crippen LogP contribution in [0.3, 0.4) is 0 Å². The van der Waals surface area contributed by atoms with Crippen LogP contribution in [0.1, 0.15) is 65.7 Å². The zero-order valence-electron chi connectivity index (χ0n) is 12.0. The number of rotatable bonds is 8. The minimum absolute atomic E-state index is 0.536. The summed E-state index contributed by atoms with van der Waals surface area (Å²) in [6.07, 6.45) is 9.45. The van der Waals surface area contributed by atoms with Crippen LogP contribution >= 0.6 is 0 Å². The van der Waals surface area contributed by atoms with Gasteiger partial charge in [-0.3, -0.25) is 0 Å². The van der Waals surface area contributed by atoms with E-state index < -0.39 is 0 Å². The number of hydrogen-bond acceptors (Lipinski definition) is 2. The number of nitrogens with one attached hydrogen (secondary N) is 1. The van der Waals surface area contributed by atoms with E-state index in [4.69, 9.17) is 4.74 Å². The fourth-order valence-electron chi connectivity index (χ4n) is 2.66. The first-order chi connectivity index (χ1) is 8.26. The minimum Gasteiger partial charge on any atom is -0.378 e. The Morgan fingerprint density at radius 3 is 2.41 bits per heavy atom. The van der Waals surface area contributed by atoms with Gasteiger partial charge in [0.15, 0.2) is 0 Å². The van der Waals surface area contributed by atoms with Crippen LogP contribution in [0.25, 0.3) is 0 Å². The van der Waals surface area contributed by atoms with Gasteiger partial charge in [0.25, 0.3) is 0 Å². The molecule has 0 heterocycles. The van der Waals surface area contributed by atoms with Crippen LogP contribution in [0, 0.1) is 5.92 Å². The van der Waals surface area contributed by atoms with Gasteiger partial charge in [-0.15, -0.1) is 0 Å². The fraction of sp³-hybridized carbons (Fsp3) is 1.00. The summed E-state index contributed by atoms with van der Waals surface area (Å²) in [6, 6.07) is 0.753. The van der Waals surface area contributed by atoms with E-state index in [2.05, 4.69) is 26.1 Å². The van der Waals surface area contributed by atoms with Gasteiger partial charge in [-0.1, -0.05) is 27.2 Å². The Labute approximate surface area is 108 Å². The lowest BCUT2D eigenvalue weighted by atomic mass is 9.93. The highest BCUT2D eigenvalue weighted by atomic mass is 16.5. The molecule has 2 nitrogen and oxygen atoms in total. The molecule has 0 amide bonds. The maximum atomic E-state index is 6.02. The van der Waals surface area contributed by atoms with Crippen molar-refractivity contribution in [1.29, 1.82) is 0 Å². The quantitative estimate of drug-likeness (QED) is 0.699. The first kappa shape index (κ1) is 15.0. The summed E-state index contributed by atoms with van der Waals surface area (Å²) in [5.74, 6) is 0.732. The first-order valence-corrected chi connectivity index (χ1v) is 7.61. The molecule has 102 valence electrons. The monoisotopic (exact) mass is 241 g/mol. The van der Waals surface area contributed by atoms with Crippen molar-refractivity contribution in [2.75, 3.05) is 13.2 Å². The van der Waals surface area contributed by atoms with Crippen molar-refractivity contribution in [2.45, 2.75) is 77.9 Å². The Kier molecular flexibility index (Phi) is 7.87. The molecule has 1 aliphatic rings. The molecule has 0 spiro atoms. The highest BCUT2D eigenvalue weighted by Gasteiger charge is 2.21. The van der Waals surface area contributed by atoms with Gasteiger partial charge < -0.3 is 10.1 Å². The maximum absolute atomic E-state index is 6.02. The molecule has 0 aromatic rings. The van der Waals surface area contributed by atoms with E-state index in [0.717, 1.165) is 18.6 Å². The molecule has 1 atom stereocenters. The van der Waals surface area contributed by atoms with Crippen LogP contribution in [-0.4, -0.2) is 25.3 Å². The molecule has 2 heteroatoms. The molecule has 0 aromatic carbocycles. The van der Waals surface area contributed by atoms with Crippen molar-refractivity contribution >= 4 is 0 Å². The summed E-state index contributed by atoms with van der Waals surface area (Å²) in [7, 11) is 0. The van der Waals surface area contributed by atoms with Crippen molar-refractivity contribution < 1.29 is 4.74 Å². The zero-order chi connectivity index (χ0) is 12.5. The van der Waals surface area contributed by atoms with E-state index in [0.29, 0.717) is 6.10 Å². The fourth-order valence-corrected chi connectivity index (χ4v) is 2.66. The number of ether oxygens (including phenoxy) is 1. The molecular formula is C15H31NO. The molecule has 1 fully saturated rings. The van der Waals surface area contributed by atoms with Crippen LogP contribution in [0.15, 0.2) is 0 Å². The van der Waals surface area contributed by atoms with Crippen LogP contribution in [0.5, 0.6) is 0 Å². The normalized spacial score (nSPS) is 27.0. The second-order valence-electron chi connectivity index (χ2n) is 5.65. The van der Waals surface area contributed by atoms with Gasteiger partial charge in [0.2, 0.25) is 0 Å². The SMILES string of the molecule is CCCNC1CCC(OCC(C)CCC)CC1. The molecule has 1 rings (SSSR count). The van der Waals surface area contributed by atoms with Gasteiger partial charge >= 0.3 is 0 Å². The molecule has 0 radical (unpaired) electrons. The zero-order valence-corrected chi connectivity index (χ0v) is 12.0. The van der Waals surface area contributed by atoms with Crippen LogP contribution < -0.4 is 5.32 Å². The first-order valence-electron chi connectivity index (χ1n) is 7.61. The molecule has 0 aromatic heterocycles. The van der Waals surface area contributed by atoms with Gasteiger partial charge in [-0.25, -0.2) is 0 Å². The Hall–Kier alpha value is -0.0800. The summed E-state index contributed by atoms with van der Waals surface area (Å²) in [6.45, 7) is 8.92. The van der Waals surface area contributed by atoms with E-state index in [9.17, 15) is 0 Å². The summed E-state index contributed by atoms with van der Waals surface area (Å²) in [5, 5.41) is 3.62. The average molecular weight is 241 g/mol. The molecular weight excluding hydrogens is 210 g/mol. The Morgan fingerprint density at radius 1 is 1.12 bits per heavy atom. The molecule has 0 bridgehead atoms. The molecule has 1 unspecified atom stereocenters.